The van der Waals surface area contributed by atoms with Gasteiger partial charge in [-0.15, -0.1) is 0 Å². The first-order valence-electron chi connectivity index (χ1n) is 8.59. The Bertz CT molecular complexity index is 1270. The number of amides is 2. The molecule has 3 rings (SSSR count). The van der Waals surface area contributed by atoms with E-state index >= 15 is 0 Å². The Labute approximate surface area is 177 Å². The third-order valence-electron chi connectivity index (χ3n) is 4.08. The average Bonchev–Trinajstić information content (AvgIpc) is 2.97. The monoisotopic (exact) mass is 468 g/mol. The number of carbonyl (C=O) groups is 2. The van der Waals surface area contributed by atoms with Gasteiger partial charge in [0.05, 0.1) is 23.7 Å². The SMILES string of the molecule is O=C1C=C(Nc2cc(S(=O)(=O)O)ccc2OS(=O)(=O)c2ccccc2)C(=O)N1CCO. The molecule has 2 amide bonds. The zero-order valence-electron chi connectivity index (χ0n) is 15.6. The van der Waals surface area contributed by atoms with Crippen LogP contribution in [0.4, 0.5) is 5.69 Å². The van der Waals surface area contributed by atoms with Crippen LogP contribution in [0.3, 0.4) is 0 Å². The van der Waals surface area contributed by atoms with Crippen molar-refractivity contribution in [2.75, 3.05) is 18.5 Å². The van der Waals surface area contributed by atoms with E-state index < -0.39 is 49.3 Å². The molecule has 1 aliphatic heterocycles. The third-order valence-corrected chi connectivity index (χ3v) is 6.18. The van der Waals surface area contributed by atoms with Gasteiger partial charge in [-0.2, -0.15) is 16.8 Å². The second-order valence-electron chi connectivity index (χ2n) is 6.19. The van der Waals surface area contributed by atoms with E-state index in [0.717, 1.165) is 29.2 Å². The average molecular weight is 468 g/mol. The van der Waals surface area contributed by atoms with Crippen LogP contribution < -0.4 is 9.50 Å². The van der Waals surface area contributed by atoms with Crippen LogP contribution in [-0.4, -0.2) is 56.4 Å². The van der Waals surface area contributed by atoms with Crippen LogP contribution in [0.5, 0.6) is 5.75 Å². The van der Waals surface area contributed by atoms with Crippen LogP contribution in [0.2, 0.25) is 0 Å². The summed E-state index contributed by atoms with van der Waals surface area (Å²) in [6.07, 6.45) is 0.896. The maximum atomic E-state index is 12.5. The van der Waals surface area contributed by atoms with E-state index in [2.05, 4.69) is 5.32 Å². The van der Waals surface area contributed by atoms with E-state index in [0.29, 0.717) is 0 Å². The smallest absolute Gasteiger partial charge is 0.339 e. The van der Waals surface area contributed by atoms with Crippen LogP contribution in [-0.2, 0) is 29.8 Å². The predicted molar refractivity (Wildman–Crippen MR) is 106 cm³/mol. The molecule has 1 heterocycles. The van der Waals surface area contributed by atoms with Gasteiger partial charge in [-0.3, -0.25) is 19.0 Å². The molecule has 0 spiro atoms. The molecule has 0 atom stereocenters. The van der Waals surface area contributed by atoms with Crippen molar-refractivity contribution in [2.45, 2.75) is 9.79 Å². The van der Waals surface area contributed by atoms with Crippen LogP contribution in [0.1, 0.15) is 0 Å². The molecule has 0 unspecified atom stereocenters. The molecule has 0 fully saturated rings. The van der Waals surface area contributed by atoms with E-state index in [9.17, 15) is 31.0 Å². The molecule has 164 valence electrons. The number of nitrogens with zero attached hydrogens (tertiary/aromatic N) is 1. The van der Waals surface area contributed by atoms with Crippen LogP contribution in [0.25, 0.3) is 0 Å². The van der Waals surface area contributed by atoms with Gasteiger partial charge < -0.3 is 14.6 Å². The minimum absolute atomic E-state index is 0.180. The summed E-state index contributed by atoms with van der Waals surface area (Å²) >= 11 is 0. The van der Waals surface area contributed by atoms with Gasteiger partial charge in [0.25, 0.3) is 21.9 Å². The molecule has 0 aromatic heterocycles. The van der Waals surface area contributed by atoms with Crippen molar-refractivity contribution in [1.29, 1.82) is 0 Å². The number of imide groups is 1. The lowest BCUT2D eigenvalue weighted by Crippen LogP contribution is -2.34. The number of rotatable bonds is 8. The lowest BCUT2D eigenvalue weighted by molar-refractivity contribution is -0.137. The Morgan fingerprint density at radius 1 is 0.968 bits per heavy atom. The number of nitrogens with one attached hydrogen (secondary N) is 1. The third kappa shape index (κ3) is 4.91. The molecule has 0 saturated carbocycles. The van der Waals surface area contributed by atoms with Crippen LogP contribution in [0.15, 0.2) is 70.1 Å². The largest absolute Gasteiger partial charge is 0.395 e. The van der Waals surface area contributed by atoms with Gasteiger partial charge in [0.1, 0.15) is 10.6 Å². The Balaban J connectivity index is 2.01. The highest BCUT2D eigenvalue weighted by atomic mass is 32.2. The minimum Gasteiger partial charge on any atom is -0.395 e. The highest BCUT2D eigenvalue weighted by molar-refractivity contribution is 7.87. The fourth-order valence-corrected chi connectivity index (χ4v) is 4.12. The van der Waals surface area contributed by atoms with E-state index in [-0.39, 0.29) is 22.8 Å². The Hall–Kier alpha value is -3.26. The second-order valence-corrected chi connectivity index (χ2v) is 9.15. The van der Waals surface area contributed by atoms with Gasteiger partial charge in [-0.05, 0) is 30.3 Å². The summed E-state index contributed by atoms with van der Waals surface area (Å²) in [4.78, 5) is 24.2. The molecule has 2 aromatic carbocycles. The van der Waals surface area contributed by atoms with Crippen LogP contribution in [0, 0.1) is 0 Å². The lowest BCUT2D eigenvalue weighted by atomic mass is 10.2. The molecule has 1 aliphatic rings. The standard InChI is InChI=1S/C18H16N2O9S2/c21-9-8-20-17(22)11-15(18(20)23)19-14-10-13(30(24,25)26)6-7-16(14)29-31(27,28)12-4-2-1-3-5-12/h1-7,10-11,19,21H,8-9H2,(H,24,25,26). The van der Waals surface area contributed by atoms with Crippen molar-refractivity contribution in [1.82, 2.24) is 4.90 Å². The zero-order chi connectivity index (χ0) is 22.8. The summed E-state index contributed by atoms with van der Waals surface area (Å²) in [5, 5.41) is 11.4. The zero-order valence-corrected chi connectivity index (χ0v) is 17.3. The van der Waals surface area contributed by atoms with Gasteiger partial charge in [-0.1, -0.05) is 18.2 Å². The summed E-state index contributed by atoms with van der Waals surface area (Å²) in [7, 11) is -9.00. The van der Waals surface area contributed by atoms with Gasteiger partial charge >= 0.3 is 10.1 Å². The summed E-state index contributed by atoms with van der Waals surface area (Å²) in [5.41, 5.74) is -0.624. The number of aliphatic hydroxyl groups excluding tert-OH is 1. The van der Waals surface area contributed by atoms with Crippen molar-refractivity contribution < 1.29 is 40.3 Å². The lowest BCUT2D eigenvalue weighted by Gasteiger charge is -2.16. The first kappa shape index (κ1) is 22.4. The molecule has 31 heavy (non-hydrogen) atoms. The molecular formula is C18H16N2O9S2. The second kappa shape index (κ2) is 8.47. The first-order chi connectivity index (χ1) is 14.5. The summed E-state index contributed by atoms with van der Waals surface area (Å²) < 4.78 is 62.4. The van der Waals surface area contributed by atoms with Crippen molar-refractivity contribution in [3.05, 3.63) is 60.3 Å². The Morgan fingerprint density at radius 3 is 2.26 bits per heavy atom. The van der Waals surface area contributed by atoms with Crippen LogP contribution >= 0.6 is 0 Å². The normalized spacial score (nSPS) is 14.5. The van der Waals surface area contributed by atoms with Gasteiger partial charge in [0.2, 0.25) is 0 Å². The number of carbonyl (C=O) groups excluding carboxylic acids is 2. The predicted octanol–water partition coefficient (Wildman–Crippen LogP) is 0.358. The summed E-state index contributed by atoms with van der Waals surface area (Å²) in [6.45, 7) is -0.739. The molecule has 13 heteroatoms. The molecule has 0 saturated heterocycles. The molecule has 11 nitrogen and oxygen atoms in total. The first-order valence-corrected chi connectivity index (χ1v) is 11.4. The van der Waals surface area contributed by atoms with Crippen molar-refractivity contribution in [3.63, 3.8) is 0 Å². The summed E-state index contributed by atoms with van der Waals surface area (Å²) in [6, 6.07) is 9.83. The maximum absolute atomic E-state index is 12.5. The number of hydrogen-bond donors (Lipinski definition) is 3. The van der Waals surface area contributed by atoms with Crippen molar-refractivity contribution >= 4 is 37.7 Å². The molecule has 3 N–H and O–H groups in total. The fraction of sp³-hybridized carbons (Fsp3) is 0.111. The fourth-order valence-electron chi connectivity index (χ4n) is 2.65. The van der Waals surface area contributed by atoms with Gasteiger partial charge in [0, 0.05) is 6.08 Å². The summed E-state index contributed by atoms with van der Waals surface area (Å²) in [5.74, 6) is -1.95. The van der Waals surface area contributed by atoms with E-state index in [4.69, 9.17) is 9.29 Å². The highest BCUT2D eigenvalue weighted by Crippen LogP contribution is 2.32. The quantitative estimate of drug-likeness (QED) is 0.279. The van der Waals surface area contributed by atoms with E-state index in [1.54, 1.807) is 6.07 Å². The number of hydrogen-bond acceptors (Lipinski definition) is 9. The van der Waals surface area contributed by atoms with E-state index in [1.807, 2.05) is 0 Å². The number of anilines is 1. The molecule has 0 aliphatic carbocycles. The Kier molecular flexibility index (Phi) is 6.13. The maximum Gasteiger partial charge on any atom is 0.339 e. The van der Waals surface area contributed by atoms with Crippen molar-refractivity contribution in [3.8, 4) is 5.75 Å². The topological polar surface area (TPSA) is 167 Å². The molecule has 0 bridgehead atoms. The Morgan fingerprint density at radius 2 is 1.65 bits per heavy atom. The van der Waals surface area contributed by atoms with E-state index in [1.165, 1.54) is 24.3 Å². The highest BCUT2D eigenvalue weighted by Gasteiger charge is 2.31. The molecule has 2 aromatic rings. The molecule has 0 radical (unpaired) electrons. The molecular weight excluding hydrogens is 452 g/mol. The number of aliphatic hydroxyl groups is 1. The van der Waals surface area contributed by atoms with Gasteiger partial charge in [-0.25, -0.2) is 0 Å². The number of β-amino-alcohol motifs (C(OH)–C–C–N with tert-alkyl or cyclic N) is 1. The number of benzene rings is 2. The van der Waals surface area contributed by atoms with Gasteiger partial charge in [0.15, 0.2) is 5.75 Å². The van der Waals surface area contributed by atoms with Crippen molar-refractivity contribution in [2.24, 2.45) is 0 Å². The minimum atomic E-state index is -4.68.